The molecule has 0 aliphatic rings. The maximum Gasteiger partial charge on any atom is 0.174 e. The highest BCUT2D eigenvalue weighted by Gasteiger charge is 2.21. The van der Waals surface area contributed by atoms with Crippen molar-refractivity contribution >= 4 is 0 Å². The van der Waals surface area contributed by atoms with Crippen molar-refractivity contribution in [2.75, 3.05) is 13.2 Å². The zero-order valence-corrected chi connectivity index (χ0v) is 11.6. The SMILES string of the molecule is CCC(O)(CC)CNCc1ccccc1OCC#N. The Kier molecular flexibility index (Phi) is 6.34. The fourth-order valence-corrected chi connectivity index (χ4v) is 1.83. The van der Waals surface area contributed by atoms with Crippen LogP contribution >= 0.6 is 0 Å². The van der Waals surface area contributed by atoms with Crippen LogP contribution in [0.5, 0.6) is 5.75 Å². The third-order valence-electron chi connectivity index (χ3n) is 3.35. The van der Waals surface area contributed by atoms with Crippen LogP contribution in [0.4, 0.5) is 0 Å². The molecule has 1 aromatic rings. The van der Waals surface area contributed by atoms with Crippen LogP contribution < -0.4 is 10.1 Å². The van der Waals surface area contributed by atoms with E-state index in [-0.39, 0.29) is 6.61 Å². The smallest absolute Gasteiger partial charge is 0.174 e. The van der Waals surface area contributed by atoms with Crippen LogP contribution in [0.2, 0.25) is 0 Å². The summed E-state index contributed by atoms with van der Waals surface area (Å²) in [5.74, 6) is 0.716. The second-order valence-corrected chi connectivity index (χ2v) is 4.59. The molecule has 0 aliphatic carbocycles. The molecule has 0 heterocycles. The Bertz CT molecular complexity index is 422. The third kappa shape index (κ3) is 4.90. The average Bonchev–Trinajstić information content (AvgIpc) is 2.46. The highest BCUT2D eigenvalue weighted by atomic mass is 16.5. The quantitative estimate of drug-likeness (QED) is 0.754. The van der Waals surface area contributed by atoms with Gasteiger partial charge in [-0.3, -0.25) is 0 Å². The van der Waals surface area contributed by atoms with Gasteiger partial charge in [0.25, 0.3) is 0 Å². The summed E-state index contributed by atoms with van der Waals surface area (Å²) in [5.41, 5.74) is 0.343. The maximum atomic E-state index is 10.2. The number of hydrogen-bond acceptors (Lipinski definition) is 4. The molecule has 0 saturated heterocycles. The van der Waals surface area contributed by atoms with Crippen molar-refractivity contribution in [2.45, 2.75) is 38.8 Å². The zero-order chi connectivity index (χ0) is 14.1. The second-order valence-electron chi connectivity index (χ2n) is 4.59. The molecule has 2 N–H and O–H groups in total. The molecule has 0 fully saturated rings. The summed E-state index contributed by atoms with van der Waals surface area (Å²) in [5, 5.41) is 22.0. The Morgan fingerprint density at radius 1 is 1.32 bits per heavy atom. The lowest BCUT2D eigenvalue weighted by Crippen LogP contribution is -2.39. The van der Waals surface area contributed by atoms with Crippen LogP contribution in [-0.2, 0) is 6.54 Å². The molecule has 19 heavy (non-hydrogen) atoms. The number of ether oxygens (including phenoxy) is 1. The normalized spacial score (nSPS) is 11.1. The Morgan fingerprint density at radius 3 is 2.63 bits per heavy atom. The molecule has 0 unspecified atom stereocenters. The van der Waals surface area contributed by atoms with Gasteiger partial charge in [-0.1, -0.05) is 32.0 Å². The highest BCUT2D eigenvalue weighted by Crippen LogP contribution is 2.18. The topological polar surface area (TPSA) is 65.3 Å². The number of benzene rings is 1. The molecule has 104 valence electrons. The predicted octanol–water partition coefficient (Wildman–Crippen LogP) is 2.23. The van der Waals surface area contributed by atoms with E-state index >= 15 is 0 Å². The van der Waals surface area contributed by atoms with Crippen LogP contribution in [0.1, 0.15) is 32.3 Å². The number of nitriles is 1. The van der Waals surface area contributed by atoms with Crippen molar-refractivity contribution in [3.05, 3.63) is 29.8 Å². The summed E-state index contributed by atoms with van der Waals surface area (Å²) in [7, 11) is 0. The van der Waals surface area contributed by atoms with Crippen molar-refractivity contribution in [1.29, 1.82) is 5.26 Å². The number of nitrogens with zero attached hydrogens (tertiary/aromatic N) is 1. The Balaban J connectivity index is 2.56. The number of nitrogens with one attached hydrogen (secondary N) is 1. The van der Waals surface area contributed by atoms with E-state index in [2.05, 4.69) is 5.32 Å². The second kappa shape index (κ2) is 7.78. The van der Waals surface area contributed by atoms with Crippen molar-refractivity contribution < 1.29 is 9.84 Å². The molecule has 0 spiro atoms. The summed E-state index contributed by atoms with van der Waals surface area (Å²) in [6, 6.07) is 9.57. The van der Waals surface area contributed by atoms with Gasteiger partial charge in [0.2, 0.25) is 0 Å². The van der Waals surface area contributed by atoms with Crippen molar-refractivity contribution in [1.82, 2.24) is 5.32 Å². The molecule has 0 aliphatic heterocycles. The molecule has 0 bridgehead atoms. The summed E-state index contributed by atoms with van der Waals surface area (Å²) in [6.07, 6.45) is 1.45. The number of hydrogen-bond donors (Lipinski definition) is 2. The first-order valence-corrected chi connectivity index (χ1v) is 6.66. The number of aliphatic hydroxyl groups is 1. The number of rotatable bonds is 8. The molecule has 4 nitrogen and oxygen atoms in total. The lowest BCUT2D eigenvalue weighted by molar-refractivity contribution is 0.0322. The maximum absolute atomic E-state index is 10.2. The minimum absolute atomic E-state index is 0.0465. The monoisotopic (exact) mass is 262 g/mol. The molecule has 4 heteroatoms. The lowest BCUT2D eigenvalue weighted by Gasteiger charge is -2.25. The van der Waals surface area contributed by atoms with Crippen molar-refractivity contribution in [3.8, 4) is 11.8 Å². The first-order valence-electron chi connectivity index (χ1n) is 6.66. The third-order valence-corrected chi connectivity index (χ3v) is 3.35. The van der Waals surface area contributed by atoms with Crippen molar-refractivity contribution in [2.24, 2.45) is 0 Å². The van der Waals surface area contributed by atoms with E-state index in [4.69, 9.17) is 10.00 Å². The van der Waals surface area contributed by atoms with E-state index in [0.717, 1.165) is 18.4 Å². The molecule has 0 radical (unpaired) electrons. The lowest BCUT2D eigenvalue weighted by atomic mass is 9.97. The molecule has 0 atom stereocenters. The first kappa shape index (κ1) is 15.5. The van der Waals surface area contributed by atoms with Gasteiger partial charge in [-0.05, 0) is 18.9 Å². The summed E-state index contributed by atoms with van der Waals surface area (Å²) >= 11 is 0. The highest BCUT2D eigenvalue weighted by molar-refractivity contribution is 5.33. The van der Waals surface area contributed by atoms with Gasteiger partial charge < -0.3 is 15.2 Å². The van der Waals surface area contributed by atoms with Crippen LogP contribution in [0, 0.1) is 11.3 Å². The minimum atomic E-state index is -0.650. The molecule has 0 amide bonds. The van der Waals surface area contributed by atoms with Crippen LogP contribution in [0.15, 0.2) is 24.3 Å². The van der Waals surface area contributed by atoms with Crippen molar-refractivity contribution in [3.63, 3.8) is 0 Å². The van der Waals surface area contributed by atoms with Gasteiger partial charge >= 0.3 is 0 Å². The number of para-hydroxylation sites is 1. The van der Waals surface area contributed by atoms with Crippen LogP contribution in [-0.4, -0.2) is 23.9 Å². The summed E-state index contributed by atoms with van der Waals surface area (Å²) in [6.45, 7) is 5.17. The zero-order valence-electron chi connectivity index (χ0n) is 11.6. The van der Waals surface area contributed by atoms with E-state index in [1.54, 1.807) is 0 Å². The van der Waals surface area contributed by atoms with Crippen LogP contribution in [0.3, 0.4) is 0 Å². The molecule has 0 aromatic heterocycles. The molecular weight excluding hydrogens is 240 g/mol. The fraction of sp³-hybridized carbons (Fsp3) is 0.533. The average molecular weight is 262 g/mol. The van der Waals surface area contributed by atoms with Gasteiger partial charge in [0.1, 0.15) is 11.8 Å². The van der Waals surface area contributed by atoms with E-state index in [1.807, 2.05) is 44.2 Å². The standard InChI is InChI=1S/C15H22N2O2/c1-3-15(18,4-2)12-17-11-13-7-5-6-8-14(13)19-10-9-16/h5-8,17-18H,3-4,10-12H2,1-2H3. The largest absolute Gasteiger partial charge is 0.478 e. The van der Waals surface area contributed by atoms with E-state index in [9.17, 15) is 5.11 Å². The van der Waals surface area contributed by atoms with E-state index in [0.29, 0.717) is 18.8 Å². The van der Waals surface area contributed by atoms with Gasteiger partial charge in [0.15, 0.2) is 6.61 Å². The minimum Gasteiger partial charge on any atom is -0.478 e. The van der Waals surface area contributed by atoms with Gasteiger partial charge in [-0.15, -0.1) is 0 Å². The van der Waals surface area contributed by atoms with Gasteiger partial charge in [-0.25, -0.2) is 0 Å². The first-order chi connectivity index (χ1) is 9.15. The molecule has 1 aromatic carbocycles. The molecule has 0 saturated carbocycles. The summed E-state index contributed by atoms with van der Waals surface area (Å²) < 4.78 is 5.36. The van der Waals surface area contributed by atoms with Gasteiger partial charge in [0.05, 0.1) is 5.60 Å². The Hall–Kier alpha value is -1.57. The van der Waals surface area contributed by atoms with E-state index in [1.165, 1.54) is 0 Å². The fourth-order valence-electron chi connectivity index (χ4n) is 1.83. The molecular formula is C15H22N2O2. The Labute approximate surface area is 115 Å². The Morgan fingerprint density at radius 2 is 2.00 bits per heavy atom. The van der Waals surface area contributed by atoms with Gasteiger partial charge in [0, 0.05) is 18.7 Å². The predicted molar refractivity (Wildman–Crippen MR) is 74.8 cm³/mol. The summed E-state index contributed by atoms with van der Waals surface area (Å²) in [4.78, 5) is 0. The van der Waals surface area contributed by atoms with E-state index < -0.39 is 5.60 Å². The molecule has 1 rings (SSSR count). The van der Waals surface area contributed by atoms with Gasteiger partial charge in [-0.2, -0.15) is 5.26 Å². The van der Waals surface area contributed by atoms with Crippen LogP contribution in [0.25, 0.3) is 0 Å².